The molecule has 4 fully saturated rings. The average Bonchev–Trinajstić information content (AvgIpc) is 3.28. The van der Waals surface area contributed by atoms with E-state index in [1.807, 2.05) is 18.2 Å². The Labute approximate surface area is 387 Å². The number of nitrogens with one attached hydrogen (secondary N) is 3. The van der Waals surface area contributed by atoms with Crippen molar-refractivity contribution in [3.8, 4) is 5.75 Å². The zero-order valence-electron chi connectivity index (χ0n) is 37.3. The van der Waals surface area contributed by atoms with Crippen LogP contribution in [-0.2, 0) is 20.6 Å². The van der Waals surface area contributed by atoms with E-state index in [0.717, 1.165) is 89.5 Å². The van der Waals surface area contributed by atoms with Gasteiger partial charge in [-0.3, -0.25) is 29.8 Å². The van der Waals surface area contributed by atoms with Gasteiger partial charge in [-0.15, -0.1) is 0 Å². The summed E-state index contributed by atoms with van der Waals surface area (Å²) in [5.74, 6) is 0.419. The molecule has 0 saturated carbocycles. The highest BCUT2D eigenvalue weighted by molar-refractivity contribution is 9.10. The summed E-state index contributed by atoms with van der Waals surface area (Å²) < 4.78 is 35.3. The van der Waals surface area contributed by atoms with Crippen LogP contribution < -0.4 is 35.8 Å². The first-order chi connectivity index (χ1) is 31.3. The molecular weight excluding hydrogens is 912 g/mol. The van der Waals surface area contributed by atoms with Crippen molar-refractivity contribution in [1.82, 2.24) is 35.1 Å². The fourth-order valence-corrected chi connectivity index (χ4v) is 11.6. The Hall–Kier alpha value is -5.22. The zero-order chi connectivity index (χ0) is 45.4. The largest absolute Gasteiger partial charge is 0.494 e. The number of aromatic nitrogens is 4. The van der Waals surface area contributed by atoms with E-state index >= 15 is 4.39 Å². The maximum absolute atomic E-state index is 15.1. The molecule has 15 nitrogen and oxygen atoms in total. The van der Waals surface area contributed by atoms with Crippen LogP contribution in [0.15, 0.2) is 65.5 Å². The van der Waals surface area contributed by atoms with E-state index < -0.39 is 19.0 Å². The number of halogens is 2. The molecule has 9 rings (SSSR count). The molecule has 1 atom stereocenters. The van der Waals surface area contributed by atoms with Crippen molar-refractivity contribution in [3.05, 3.63) is 82.5 Å². The molecule has 65 heavy (non-hydrogen) atoms. The van der Waals surface area contributed by atoms with Gasteiger partial charge in [-0.1, -0.05) is 13.0 Å². The highest BCUT2D eigenvalue weighted by atomic mass is 79.9. The first-order valence-corrected chi connectivity index (χ1v) is 25.9. The lowest BCUT2D eigenvalue weighted by Crippen LogP contribution is -2.57. The molecule has 0 radical (unpaired) electrons. The molecule has 0 bridgehead atoms. The fraction of sp³-hybridized carbons (Fsp3) is 0.447. The van der Waals surface area contributed by atoms with Crippen LogP contribution in [0.2, 0.25) is 0 Å². The van der Waals surface area contributed by atoms with E-state index in [2.05, 4.69) is 85.5 Å². The smallest absolute Gasteiger partial charge is 0.234 e. The van der Waals surface area contributed by atoms with E-state index in [0.29, 0.717) is 68.0 Å². The lowest BCUT2D eigenvalue weighted by atomic mass is 9.89. The summed E-state index contributed by atoms with van der Waals surface area (Å²) >= 11 is 3.60. The van der Waals surface area contributed by atoms with Gasteiger partial charge in [0.1, 0.15) is 30.0 Å². The van der Waals surface area contributed by atoms with E-state index in [-0.39, 0.29) is 18.1 Å². The standard InChI is InChI=1S/C47H56BrFN11O4P/c1-5-30-22-39(54-47-52-25-35(48)45(56-47)53-38-10-9-37-43(51-15-14-50-37)44(38)65(3,4)63)41(64-2)24-40(30)59-16-12-31(13-17-59)58-20-18-57(19-21-58)26-29-27-60(28-29)32-6-7-33(36(49)23-32)34-8-11-42(61)55-46(34)62/h6-7,9-10,14-15,22-25,29,31,34H,5,8,11-13,16-21,26-28H2,1-4H3,(H,55,61,62)(H2,52,53,54,56). The Bertz CT molecular complexity index is 2650. The Balaban J connectivity index is 0.773. The number of hydrogen-bond acceptors (Lipinski definition) is 14. The van der Waals surface area contributed by atoms with Crippen LogP contribution in [-0.4, -0.2) is 127 Å². The molecule has 4 aliphatic heterocycles. The lowest BCUT2D eigenvalue weighted by Gasteiger charge is -2.46. The Morgan fingerprint density at radius 1 is 0.908 bits per heavy atom. The van der Waals surface area contributed by atoms with Crippen LogP contribution in [0.25, 0.3) is 11.0 Å². The van der Waals surface area contributed by atoms with Crippen LogP contribution >= 0.6 is 23.1 Å². The predicted octanol–water partition coefficient (Wildman–Crippen LogP) is 6.87. The molecule has 3 aromatic carbocycles. The van der Waals surface area contributed by atoms with Gasteiger partial charge in [-0.05, 0) is 90.8 Å². The summed E-state index contributed by atoms with van der Waals surface area (Å²) in [7, 11) is -1.09. The molecule has 2 amide bonds. The number of amides is 2. The molecule has 4 aliphatic rings. The molecule has 18 heteroatoms. The van der Waals surface area contributed by atoms with Crippen LogP contribution in [0.5, 0.6) is 5.75 Å². The SMILES string of the molecule is CCc1cc(Nc2ncc(Br)c(Nc3ccc4nccnc4c3P(C)(C)=O)n2)c(OC)cc1N1CCC(N2CCN(CC3CN(c4ccc(C5CCC(=O)NC5=O)c(F)c4)C3)CC2)CC1. The number of ether oxygens (including phenoxy) is 1. The number of piperidine rings is 2. The summed E-state index contributed by atoms with van der Waals surface area (Å²) in [6.45, 7) is 14.6. The van der Waals surface area contributed by atoms with Crippen LogP contribution in [0.4, 0.5) is 38.9 Å². The molecule has 2 aromatic heterocycles. The van der Waals surface area contributed by atoms with Crippen molar-refractivity contribution in [3.63, 3.8) is 0 Å². The van der Waals surface area contributed by atoms with Gasteiger partial charge in [-0.2, -0.15) is 4.98 Å². The Morgan fingerprint density at radius 2 is 1.68 bits per heavy atom. The van der Waals surface area contributed by atoms with Crippen molar-refractivity contribution in [1.29, 1.82) is 0 Å². The highest BCUT2D eigenvalue weighted by Gasteiger charge is 2.34. The summed E-state index contributed by atoms with van der Waals surface area (Å²) in [6.07, 6.45) is 8.54. The summed E-state index contributed by atoms with van der Waals surface area (Å²) in [6, 6.07) is 13.7. The van der Waals surface area contributed by atoms with Gasteiger partial charge < -0.3 is 34.6 Å². The summed E-state index contributed by atoms with van der Waals surface area (Å²) in [5.41, 5.74) is 6.30. The second-order valence-corrected chi connectivity index (χ2v) is 22.0. The predicted molar refractivity (Wildman–Crippen MR) is 258 cm³/mol. The van der Waals surface area contributed by atoms with Crippen LogP contribution in [0.3, 0.4) is 0 Å². The monoisotopic (exact) mass is 967 g/mol. The second kappa shape index (κ2) is 18.9. The quantitative estimate of drug-likeness (QED) is 0.0829. The molecule has 6 heterocycles. The van der Waals surface area contributed by atoms with E-state index in [4.69, 9.17) is 9.72 Å². The van der Waals surface area contributed by atoms with E-state index in [1.165, 1.54) is 11.3 Å². The number of anilines is 6. The lowest BCUT2D eigenvalue weighted by molar-refractivity contribution is -0.134. The number of piperazine rings is 1. The van der Waals surface area contributed by atoms with Gasteiger partial charge in [0, 0.05) is 119 Å². The van der Waals surface area contributed by atoms with E-state index in [9.17, 15) is 14.2 Å². The van der Waals surface area contributed by atoms with Crippen molar-refractivity contribution in [2.45, 2.75) is 51.0 Å². The number of imide groups is 1. The number of hydrogen-bond donors (Lipinski definition) is 3. The summed E-state index contributed by atoms with van der Waals surface area (Å²) in [4.78, 5) is 52.1. The number of benzene rings is 3. The van der Waals surface area contributed by atoms with E-state index in [1.54, 1.807) is 51.2 Å². The third kappa shape index (κ3) is 9.70. The minimum Gasteiger partial charge on any atom is -0.494 e. The maximum atomic E-state index is 15.1. The van der Waals surface area contributed by atoms with Crippen LogP contribution in [0, 0.1) is 11.7 Å². The molecule has 0 spiro atoms. The number of methoxy groups -OCH3 is 1. The number of nitrogens with zero attached hydrogens (tertiary/aromatic N) is 8. The molecule has 342 valence electrons. The molecule has 5 aromatic rings. The van der Waals surface area contributed by atoms with Crippen molar-refractivity contribution >= 4 is 85.7 Å². The molecule has 0 aliphatic carbocycles. The average molecular weight is 969 g/mol. The normalized spacial score (nSPS) is 19.3. The maximum Gasteiger partial charge on any atom is 0.234 e. The highest BCUT2D eigenvalue weighted by Crippen LogP contribution is 2.42. The number of rotatable bonds is 13. The van der Waals surface area contributed by atoms with Gasteiger partial charge in [0.25, 0.3) is 0 Å². The first-order valence-electron chi connectivity index (χ1n) is 22.5. The number of aryl methyl sites for hydroxylation is 1. The minimum atomic E-state index is -2.77. The van der Waals surface area contributed by atoms with Gasteiger partial charge in [-0.25, -0.2) is 9.37 Å². The number of carbonyl (C=O) groups is 2. The third-order valence-electron chi connectivity index (χ3n) is 13.3. The minimum absolute atomic E-state index is 0.232. The molecular formula is C47H56BrFN11O4P. The van der Waals surface area contributed by atoms with Gasteiger partial charge in [0.2, 0.25) is 17.8 Å². The Morgan fingerprint density at radius 3 is 2.38 bits per heavy atom. The topological polar surface area (TPSA) is 161 Å². The molecule has 3 N–H and O–H groups in total. The number of carbonyl (C=O) groups excluding carboxylic acids is 2. The Kier molecular flexibility index (Phi) is 13.1. The third-order valence-corrected chi connectivity index (χ3v) is 15.5. The molecule has 4 saturated heterocycles. The van der Waals surface area contributed by atoms with Crippen molar-refractivity contribution in [2.24, 2.45) is 5.92 Å². The second-order valence-electron chi connectivity index (χ2n) is 17.9. The van der Waals surface area contributed by atoms with Gasteiger partial charge in [0.05, 0.1) is 39.7 Å². The van der Waals surface area contributed by atoms with Crippen molar-refractivity contribution < 1.29 is 23.3 Å². The van der Waals surface area contributed by atoms with Gasteiger partial charge in [0.15, 0.2) is 0 Å². The first kappa shape index (κ1) is 45.0. The van der Waals surface area contributed by atoms with Crippen molar-refractivity contribution in [2.75, 3.05) is 99.8 Å². The summed E-state index contributed by atoms with van der Waals surface area (Å²) in [5, 5.41) is 9.74. The fourth-order valence-electron chi connectivity index (χ4n) is 9.92. The molecule has 1 unspecified atom stereocenters. The van der Waals surface area contributed by atoms with Gasteiger partial charge >= 0.3 is 0 Å². The zero-order valence-corrected chi connectivity index (χ0v) is 39.8. The number of fused-ring (bicyclic) bond motifs is 1. The van der Waals surface area contributed by atoms with Crippen LogP contribution in [0.1, 0.15) is 49.7 Å².